The number of aliphatic hydroxyl groups excluding tert-OH is 3. The summed E-state index contributed by atoms with van der Waals surface area (Å²) in [5.74, 6) is -0.305. The average molecular weight is 653 g/mol. The highest BCUT2D eigenvalue weighted by molar-refractivity contribution is 5.84. The van der Waals surface area contributed by atoms with Crippen LogP contribution in [0.3, 0.4) is 0 Å². The Hall–Kier alpha value is -1.77. The molecule has 0 saturated heterocycles. The molecule has 46 heavy (non-hydrogen) atoms. The zero-order chi connectivity index (χ0) is 34.0. The van der Waals surface area contributed by atoms with E-state index in [1.165, 1.54) is 44.9 Å². The average Bonchev–Trinajstić information content (AvgIpc) is 3.29. The number of carbonyl (C=O) groups excluding carboxylic acids is 3. The number of esters is 2. The Morgan fingerprint density at radius 2 is 1.26 bits per heavy atom. The summed E-state index contributed by atoms with van der Waals surface area (Å²) >= 11 is 0. The van der Waals surface area contributed by atoms with Crippen LogP contribution in [0, 0.1) is 17.8 Å². The number of ketones is 1. The van der Waals surface area contributed by atoms with E-state index < -0.39 is 24.3 Å². The zero-order valence-corrected chi connectivity index (χ0v) is 29.5. The van der Waals surface area contributed by atoms with Crippen molar-refractivity contribution in [1.29, 1.82) is 0 Å². The molecule has 0 unspecified atom stereocenters. The molecule has 0 aromatic carbocycles. The summed E-state index contributed by atoms with van der Waals surface area (Å²) in [6.07, 6.45) is 21.7. The van der Waals surface area contributed by atoms with Crippen LogP contribution in [0.2, 0.25) is 0 Å². The molecule has 1 aliphatic carbocycles. The lowest BCUT2D eigenvalue weighted by molar-refractivity contribution is -0.152. The molecule has 0 radical (unpaired) electrons. The van der Waals surface area contributed by atoms with Crippen LogP contribution in [0.5, 0.6) is 0 Å². The van der Waals surface area contributed by atoms with Crippen molar-refractivity contribution in [2.24, 2.45) is 17.8 Å². The smallest absolute Gasteiger partial charge is 0.305 e. The molecule has 1 rings (SSSR count). The second kappa shape index (κ2) is 27.2. The molecule has 0 aromatic heterocycles. The number of ether oxygens (including phenoxy) is 2. The minimum Gasteiger partial charge on any atom is -0.463 e. The van der Waals surface area contributed by atoms with Crippen molar-refractivity contribution in [3.8, 4) is 0 Å². The lowest BCUT2D eigenvalue weighted by atomic mass is 9.88. The molecular formula is C38H68O8. The highest BCUT2D eigenvalue weighted by atomic mass is 16.6. The van der Waals surface area contributed by atoms with Gasteiger partial charge in [-0.2, -0.15) is 0 Å². The summed E-state index contributed by atoms with van der Waals surface area (Å²) in [6.45, 7) is 6.30. The van der Waals surface area contributed by atoms with Crippen LogP contribution in [0.25, 0.3) is 0 Å². The minimum atomic E-state index is -1.04. The lowest BCUT2D eigenvalue weighted by Crippen LogP contribution is -2.25. The summed E-state index contributed by atoms with van der Waals surface area (Å²) in [5.41, 5.74) is 0. The van der Waals surface area contributed by atoms with Gasteiger partial charge in [0.2, 0.25) is 0 Å². The van der Waals surface area contributed by atoms with Gasteiger partial charge in [0.25, 0.3) is 0 Å². The predicted molar refractivity (Wildman–Crippen MR) is 183 cm³/mol. The Morgan fingerprint density at radius 1 is 0.761 bits per heavy atom. The van der Waals surface area contributed by atoms with E-state index in [4.69, 9.17) is 9.47 Å². The third-order valence-corrected chi connectivity index (χ3v) is 9.07. The van der Waals surface area contributed by atoms with E-state index in [9.17, 15) is 29.7 Å². The normalized spacial score (nSPS) is 19.6. The molecule has 0 aliphatic heterocycles. The number of rotatable bonds is 29. The largest absolute Gasteiger partial charge is 0.463 e. The minimum absolute atomic E-state index is 0.0827. The topological polar surface area (TPSA) is 130 Å². The van der Waals surface area contributed by atoms with Crippen LogP contribution in [0.15, 0.2) is 12.2 Å². The summed E-state index contributed by atoms with van der Waals surface area (Å²) in [7, 11) is 0. The van der Waals surface area contributed by atoms with E-state index in [1.807, 2.05) is 6.08 Å². The Labute approximate surface area is 280 Å². The molecule has 1 fully saturated rings. The first kappa shape index (κ1) is 42.3. The molecule has 5 atom stereocenters. The fraction of sp³-hybridized carbons (Fsp3) is 0.868. The van der Waals surface area contributed by atoms with E-state index in [0.717, 1.165) is 63.7 Å². The molecule has 0 heterocycles. The standard InChI is InChI=1S/C38H68O8/c1-4-5-15-21-31(39)25-26-34-33(35(41)27-36(34)42)22-17-13-14-19-24-38(44)46-29-32(40)28-45-37(43)23-18-12-10-8-6-7-9-11-16-20-30(2)3/h25-26,30-34,36,39-40,42H,4-24,27-29H2,1-3H3/b26-25+/t31-,32+,33+,34+,36+/m0/s1. The Balaban J connectivity index is 2.05. The van der Waals surface area contributed by atoms with Gasteiger partial charge < -0.3 is 24.8 Å². The summed E-state index contributed by atoms with van der Waals surface area (Å²) in [5, 5.41) is 30.6. The van der Waals surface area contributed by atoms with Crippen molar-refractivity contribution in [1.82, 2.24) is 0 Å². The van der Waals surface area contributed by atoms with Gasteiger partial charge in [0.05, 0.1) is 12.2 Å². The van der Waals surface area contributed by atoms with Gasteiger partial charge in [-0.05, 0) is 31.6 Å². The zero-order valence-electron chi connectivity index (χ0n) is 29.5. The van der Waals surface area contributed by atoms with Crippen LogP contribution in [0.4, 0.5) is 0 Å². The fourth-order valence-electron chi connectivity index (χ4n) is 6.17. The summed E-state index contributed by atoms with van der Waals surface area (Å²) < 4.78 is 10.3. The van der Waals surface area contributed by atoms with Crippen LogP contribution >= 0.6 is 0 Å². The molecule has 268 valence electrons. The summed E-state index contributed by atoms with van der Waals surface area (Å²) in [6, 6.07) is 0. The van der Waals surface area contributed by atoms with Crippen LogP contribution in [-0.4, -0.2) is 64.6 Å². The monoisotopic (exact) mass is 652 g/mol. The number of hydrogen-bond acceptors (Lipinski definition) is 8. The molecule has 1 saturated carbocycles. The molecule has 0 spiro atoms. The fourth-order valence-corrected chi connectivity index (χ4v) is 6.17. The maximum absolute atomic E-state index is 12.4. The van der Waals surface area contributed by atoms with Crippen molar-refractivity contribution >= 4 is 17.7 Å². The molecule has 8 nitrogen and oxygen atoms in total. The molecule has 0 amide bonds. The second-order valence-electron chi connectivity index (χ2n) is 14.0. The molecular weight excluding hydrogens is 584 g/mol. The van der Waals surface area contributed by atoms with Crippen LogP contribution in [-0.2, 0) is 23.9 Å². The maximum Gasteiger partial charge on any atom is 0.305 e. The lowest BCUT2D eigenvalue weighted by Gasteiger charge is -2.18. The van der Waals surface area contributed by atoms with Gasteiger partial charge in [0, 0.05) is 31.1 Å². The number of carbonyl (C=O) groups is 3. The van der Waals surface area contributed by atoms with E-state index in [-0.39, 0.29) is 49.6 Å². The number of hydrogen-bond donors (Lipinski definition) is 3. The van der Waals surface area contributed by atoms with E-state index in [2.05, 4.69) is 20.8 Å². The van der Waals surface area contributed by atoms with Gasteiger partial charge in [-0.15, -0.1) is 0 Å². The SMILES string of the molecule is CCCCC[C@H](O)/C=C/[C@H]1[C@H](O)CC(=O)[C@@H]1CCCCCCC(=O)OC[C@H](O)COC(=O)CCCCCCCCCCCC(C)C. The van der Waals surface area contributed by atoms with Gasteiger partial charge in [-0.25, -0.2) is 0 Å². The van der Waals surface area contributed by atoms with Crippen molar-refractivity contribution in [2.45, 2.75) is 180 Å². The van der Waals surface area contributed by atoms with Crippen molar-refractivity contribution in [3.63, 3.8) is 0 Å². The first-order valence-corrected chi connectivity index (χ1v) is 18.7. The van der Waals surface area contributed by atoms with Gasteiger partial charge in [0.1, 0.15) is 25.1 Å². The van der Waals surface area contributed by atoms with Crippen LogP contribution < -0.4 is 0 Å². The number of Topliss-reactive ketones (excluding diaryl/α,β-unsaturated/α-hetero) is 1. The van der Waals surface area contributed by atoms with Crippen molar-refractivity contribution in [3.05, 3.63) is 12.2 Å². The highest BCUT2D eigenvalue weighted by Crippen LogP contribution is 2.34. The Kier molecular flexibility index (Phi) is 25.0. The van der Waals surface area contributed by atoms with Gasteiger partial charge >= 0.3 is 11.9 Å². The molecule has 1 aliphatic rings. The summed E-state index contributed by atoms with van der Waals surface area (Å²) in [4.78, 5) is 36.4. The van der Waals surface area contributed by atoms with E-state index >= 15 is 0 Å². The first-order valence-electron chi connectivity index (χ1n) is 18.7. The Morgan fingerprint density at radius 3 is 1.80 bits per heavy atom. The van der Waals surface area contributed by atoms with Crippen LogP contribution in [0.1, 0.15) is 162 Å². The maximum atomic E-state index is 12.4. The molecule has 3 N–H and O–H groups in total. The van der Waals surface area contributed by atoms with E-state index in [1.54, 1.807) is 6.08 Å². The molecule has 0 bridgehead atoms. The van der Waals surface area contributed by atoms with Gasteiger partial charge in [0.15, 0.2) is 0 Å². The Bertz CT molecular complexity index is 826. The quantitative estimate of drug-likeness (QED) is 0.0424. The molecule has 0 aromatic rings. The predicted octanol–water partition coefficient (Wildman–Crippen LogP) is 7.78. The highest BCUT2D eigenvalue weighted by Gasteiger charge is 2.39. The number of unbranched alkanes of at least 4 members (excludes halogenated alkanes) is 13. The number of aliphatic hydroxyl groups is 3. The second-order valence-corrected chi connectivity index (χ2v) is 14.0. The third kappa shape index (κ3) is 21.9. The van der Waals surface area contributed by atoms with Gasteiger partial charge in [-0.3, -0.25) is 14.4 Å². The first-order chi connectivity index (χ1) is 22.1. The molecule has 8 heteroatoms. The van der Waals surface area contributed by atoms with Gasteiger partial charge in [-0.1, -0.05) is 129 Å². The van der Waals surface area contributed by atoms with E-state index in [0.29, 0.717) is 25.7 Å². The van der Waals surface area contributed by atoms with Crippen molar-refractivity contribution in [2.75, 3.05) is 13.2 Å². The third-order valence-electron chi connectivity index (χ3n) is 9.07. The van der Waals surface area contributed by atoms with Crippen molar-refractivity contribution < 1.29 is 39.2 Å².